The maximum absolute atomic E-state index is 5.97. The number of rotatable bonds is 4. The van der Waals surface area contributed by atoms with Crippen LogP contribution >= 0.6 is 0 Å². The van der Waals surface area contributed by atoms with Gasteiger partial charge in [-0.25, -0.2) is 0 Å². The highest BCUT2D eigenvalue weighted by Crippen LogP contribution is 2.34. The van der Waals surface area contributed by atoms with E-state index in [9.17, 15) is 0 Å². The topological polar surface area (TPSA) is 31.4 Å². The van der Waals surface area contributed by atoms with Crippen molar-refractivity contribution in [2.24, 2.45) is 0 Å². The minimum atomic E-state index is -0.238. The first-order chi connectivity index (χ1) is 10.2. The molecule has 0 N–H and O–H groups in total. The molecule has 2 aromatic rings. The number of aromatic nitrogens is 1. The molecular weight excluding hydrogens is 274 g/mol. The Kier molecular flexibility index (Phi) is 4.74. The molecule has 0 fully saturated rings. The van der Waals surface area contributed by atoms with E-state index in [1.54, 1.807) is 0 Å². The van der Waals surface area contributed by atoms with Gasteiger partial charge in [0.25, 0.3) is 0 Å². The standard InChI is InChI=1S/C19H25NO2/c1-13(2)21-18-12-15(22-19(4,5)6)7-8-16(18)17-11-14(3)9-10-20-17/h7-13H,1-6H3. The Morgan fingerprint density at radius 2 is 1.77 bits per heavy atom. The molecule has 0 amide bonds. The Bertz CT molecular complexity index is 642. The molecule has 0 aliphatic rings. The van der Waals surface area contributed by atoms with Crippen molar-refractivity contribution in [1.29, 1.82) is 0 Å². The van der Waals surface area contributed by atoms with Crippen LogP contribution in [-0.4, -0.2) is 16.7 Å². The molecule has 0 saturated carbocycles. The molecule has 0 aliphatic heterocycles. The fourth-order valence-corrected chi connectivity index (χ4v) is 2.17. The zero-order valence-electron chi connectivity index (χ0n) is 14.3. The molecule has 3 heteroatoms. The lowest BCUT2D eigenvalue weighted by Crippen LogP contribution is -2.23. The van der Waals surface area contributed by atoms with Gasteiger partial charge in [0.2, 0.25) is 0 Å². The second kappa shape index (κ2) is 6.39. The zero-order valence-corrected chi connectivity index (χ0v) is 14.3. The molecule has 0 spiro atoms. The third kappa shape index (κ3) is 4.48. The highest BCUT2D eigenvalue weighted by atomic mass is 16.5. The highest BCUT2D eigenvalue weighted by molar-refractivity contribution is 5.69. The van der Waals surface area contributed by atoms with E-state index >= 15 is 0 Å². The van der Waals surface area contributed by atoms with E-state index in [1.165, 1.54) is 5.56 Å². The van der Waals surface area contributed by atoms with Gasteiger partial charge >= 0.3 is 0 Å². The molecule has 22 heavy (non-hydrogen) atoms. The van der Waals surface area contributed by atoms with Crippen molar-refractivity contribution in [3.63, 3.8) is 0 Å². The highest BCUT2D eigenvalue weighted by Gasteiger charge is 2.15. The molecule has 0 unspecified atom stereocenters. The maximum Gasteiger partial charge on any atom is 0.132 e. The molecule has 1 aromatic carbocycles. The summed E-state index contributed by atoms with van der Waals surface area (Å²) < 4.78 is 11.9. The summed E-state index contributed by atoms with van der Waals surface area (Å²) in [6.07, 6.45) is 1.91. The van der Waals surface area contributed by atoms with Crippen molar-refractivity contribution < 1.29 is 9.47 Å². The van der Waals surface area contributed by atoms with Crippen LogP contribution in [0.25, 0.3) is 11.3 Å². The predicted octanol–water partition coefficient (Wildman–Crippen LogP) is 5.02. The minimum absolute atomic E-state index is 0.0912. The Morgan fingerprint density at radius 1 is 1.05 bits per heavy atom. The van der Waals surface area contributed by atoms with Crippen LogP contribution in [0.3, 0.4) is 0 Å². The molecule has 1 aromatic heterocycles. The predicted molar refractivity (Wildman–Crippen MR) is 90.6 cm³/mol. The average molecular weight is 299 g/mol. The number of benzene rings is 1. The van der Waals surface area contributed by atoms with Crippen LogP contribution in [0.15, 0.2) is 36.5 Å². The van der Waals surface area contributed by atoms with Gasteiger partial charge in [0.05, 0.1) is 11.8 Å². The van der Waals surface area contributed by atoms with Gasteiger partial charge in [0.1, 0.15) is 17.1 Å². The summed E-state index contributed by atoms with van der Waals surface area (Å²) in [6.45, 7) is 12.2. The lowest BCUT2D eigenvalue weighted by Gasteiger charge is -2.23. The summed E-state index contributed by atoms with van der Waals surface area (Å²) in [4.78, 5) is 4.46. The fraction of sp³-hybridized carbons (Fsp3) is 0.421. The molecule has 0 atom stereocenters. The third-order valence-corrected chi connectivity index (χ3v) is 2.93. The number of pyridine rings is 1. The number of aryl methyl sites for hydroxylation is 1. The molecule has 1 heterocycles. The third-order valence-electron chi connectivity index (χ3n) is 2.93. The number of ether oxygens (including phenoxy) is 2. The van der Waals surface area contributed by atoms with Crippen LogP contribution in [0.1, 0.15) is 40.2 Å². The zero-order chi connectivity index (χ0) is 16.3. The van der Waals surface area contributed by atoms with Gasteiger partial charge in [-0.3, -0.25) is 4.98 Å². The molecule has 0 radical (unpaired) electrons. The largest absolute Gasteiger partial charge is 0.490 e. The molecular formula is C19H25NO2. The second-order valence-corrected chi connectivity index (χ2v) is 6.76. The van der Waals surface area contributed by atoms with E-state index in [2.05, 4.69) is 18.0 Å². The summed E-state index contributed by atoms with van der Waals surface area (Å²) in [5.74, 6) is 1.61. The first kappa shape index (κ1) is 16.3. The smallest absolute Gasteiger partial charge is 0.132 e. The van der Waals surface area contributed by atoms with Gasteiger partial charge < -0.3 is 9.47 Å². The van der Waals surface area contributed by atoms with Crippen LogP contribution < -0.4 is 9.47 Å². The average Bonchev–Trinajstić information content (AvgIpc) is 2.36. The molecule has 118 valence electrons. The van der Waals surface area contributed by atoms with Crippen molar-refractivity contribution >= 4 is 0 Å². The Hall–Kier alpha value is -2.03. The van der Waals surface area contributed by atoms with E-state index in [4.69, 9.17) is 9.47 Å². The first-order valence-electron chi connectivity index (χ1n) is 7.67. The Morgan fingerprint density at radius 3 is 2.36 bits per heavy atom. The fourth-order valence-electron chi connectivity index (χ4n) is 2.17. The molecule has 3 nitrogen and oxygen atoms in total. The van der Waals surface area contributed by atoms with Crippen molar-refractivity contribution in [1.82, 2.24) is 4.98 Å². The summed E-state index contributed by atoms with van der Waals surface area (Å²) in [5, 5.41) is 0. The quantitative estimate of drug-likeness (QED) is 0.794. The van der Waals surface area contributed by atoms with E-state index < -0.39 is 0 Å². The summed E-state index contributed by atoms with van der Waals surface area (Å²) in [7, 11) is 0. The van der Waals surface area contributed by atoms with Gasteiger partial charge in [0, 0.05) is 17.8 Å². The van der Waals surface area contributed by atoms with Crippen LogP contribution in [0.4, 0.5) is 0 Å². The van der Waals surface area contributed by atoms with E-state index in [0.29, 0.717) is 0 Å². The normalized spacial score (nSPS) is 11.6. The second-order valence-electron chi connectivity index (χ2n) is 6.76. The number of hydrogen-bond donors (Lipinski definition) is 0. The van der Waals surface area contributed by atoms with Crippen molar-refractivity contribution in [2.75, 3.05) is 0 Å². The van der Waals surface area contributed by atoms with Crippen LogP contribution in [-0.2, 0) is 0 Å². The van der Waals surface area contributed by atoms with Crippen molar-refractivity contribution in [3.8, 4) is 22.8 Å². The number of hydrogen-bond acceptors (Lipinski definition) is 3. The van der Waals surface area contributed by atoms with Crippen LogP contribution in [0.2, 0.25) is 0 Å². The van der Waals surface area contributed by atoms with Crippen LogP contribution in [0, 0.1) is 6.92 Å². The lowest BCUT2D eigenvalue weighted by molar-refractivity contribution is 0.130. The molecule has 0 saturated heterocycles. The Labute approximate surface area is 133 Å². The Balaban J connectivity index is 2.44. The van der Waals surface area contributed by atoms with Gasteiger partial charge in [-0.1, -0.05) is 0 Å². The van der Waals surface area contributed by atoms with Gasteiger partial charge in [-0.05, 0) is 71.4 Å². The lowest BCUT2D eigenvalue weighted by atomic mass is 10.1. The van der Waals surface area contributed by atoms with E-state index in [1.807, 2.05) is 65.1 Å². The molecule has 0 aliphatic carbocycles. The molecule has 0 bridgehead atoms. The molecule has 2 rings (SSSR count). The van der Waals surface area contributed by atoms with E-state index in [0.717, 1.165) is 22.8 Å². The summed E-state index contributed by atoms with van der Waals surface area (Å²) in [5.41, 5.74) is 2.84. The minimum Gasteiger partial charge on any atom is -0.490 e. The monoisotopic (exact) mass is 299 g/mol. The summed E-state index contributed by atoms with van der Waals surface area (Å²) >= 11 is 0. The van der Waals surface area contributed by atoms with Gasteiger partial charge in [0.15, 0.2) is 0 Å². The van der Waals surface area contributed by atoms with Crippen LogP contribution in [0.5, 0.6) is 11.5 Å². The maximum atomic E-state index is 5.97. The van der Waals surface area contributed by atoms with Crippen molar-refractivity contribution in [2.45, 2.75) is 53.2 Å². The van der Waals surface area contributed by atoms with E-state index in [-0.39, 0.29) is 11.7 Å². The first-order valence-corrected chi connectivity index (χ1v) is 7.67. The summed E-state index contributed by atoms with van der Waals surface area (Å²) in [6, 6.07) is 9.99. The number of nitrogens with zero attached hydrogens (tertiary/aromatic N) is 1. The van der Waals surface area contributed by atoms with Crippen molar-refractivity contribution in [3.05, 3.63) is 42.1 Å². The van der Waals surface area contributed by atoms with Gasteiger partial charge in [-0.15, -0.1) is 0 Å². The van der Waals surface area contributed by atoms with Gasteiger partial charge in [-0.2, -0.15) is 0 Å². The SMILES string of the molecule is Cc1ccnc(-c2ccc(OC(C)(C)C)cc2OC(C)C)c1.